The number of nitrogens with one attached hydrogen (secondary N) is 3. The molecule has 3 atom stereocenters. The number of fused-ring (bicyclic) bond motifs is 3. The van der Waals surface area contributed by atoms with Crippen LogP contribution in [0, 0.1) is 0 Å². The van der Waals surface area contributed by atoms with Gasteiger partial charge in [-0.2, -0.15) is 0 Å². The van der Waals surface area contributed by atoms with E-state index in [-0.39, 0.29) is 0 Å². The maximum atomic E-state index is 4.18. The molecule has 2 fully saturated rings. The predicted molar refractivity (Wildman–Crippen MR) is 54.6 cm³/mol. The highest BCUT2D eigenvalue weighted by molar-refractivity contribution is 5.67. The predicted octanol–water partition coefficient (Wildman–Crippen LogP) is -0.992. The van der Waals surface area contributed by atoms with Crippen LogP contribution in [0.2, 0.25) is 0 Å². The van der Waals surface area contributed by atoms with Crippen molar-refractivity contribution in [3.8, 4) is 0 Å². The largest absolute Gasteiger partial charge is 0.361 e. The van der Waals surface area contributed by atoms with Gasteiger partial charge in [0.05, 0.1) is 18.2 Å². The summed E-state index contributed by atoms with van der Waals surface area (Å²) in [6, 6.07) is 0.971. The number of hydrazine groups is 1. The van der Waals surface area contributed by atoms with Crippen molar-refractivity contribution < 1.29 is 0 Å². The maximum Gasteiger partial charge on any atom is 0.0911 e. The van der Waals surface area contributed by atoms with Gasteiger partial charge in [-0.3, -0.25) is 15.7 Å². The Kier molecular flexibility index (Phi) is 2.01. The van der Waals surface area contributed by atoms with Gasteiger partial charge in [-0.05, 0) is 6.42 Å². The minimum absolute atomic E-state index is 0.358. The van der Waals surface area contributed by atoms with E-state index < -0.39 is 0 Å². The first-order valence-electron chi connectivity index (χ1n) is 5.14. The van der Waals surface area contributed by atoms with Crippen molar-refractivity contribution in [2.45, 2.75) is 24.7 Å². The summed E-state index contributed by atoms with van der Waals surface area (Å²) >= 11 is 0. The van der Waals surface area contributed by atoms with Crippen LogP contribution in [0.4, 0.5) is 0 Å². The summed E-state index contributed by atoms with van der Waals surface area (Å²) in [5, 5.41) is 3.48. The zero-order valence-corrected chi connectivity index (χ0v) is 7.98. The monoisotopic (exact) mass is 193 g/mol. The van der Waals surface area contributed by atoms with Gasteiger partial charge in [-0.1, -0.05) is 0 Å². The average Bonchev–Trinajstić information content (AvgIpc) is 2.29. The number of hydrogen-bond donors (Lipinski definition) is 3. The number of nitrogens with zero attached hydrogens (tertiary/aromatic N) is 2. The van der Waals surface area contributed by atoms with Crippen LogP contribution in [-0.2, 0) is 0 Å². The molecule has 0 aliphatic carbocycles. The second-order valence-corrected chi connectivity index (χ2v) is 3.92. The summed E-state index contributed by atoms with van der Waals surface area (Å²) in [6.07, 6.45) is 7.53. The van der Waals surface area contributed by atoms with E-state index in [1.165, 1.54) is 6.42 Å². The molecule has 0 bridgehead atoms. The second-order valence-electron chi connectivity index (χ2n) is 3.92. The first-order chi connectivity index (χ1) is 6.95. The third kappa shape index (κ3) is 1.25. The molecule has 0 spiro atoms. The molecule has 0 radical (unpaired) electrons. The molecule has 0 aromatic rings. The first-order valence-corrected chi connectivity index (χ1v) is 5.14. The molecule has 3 heterocycles. The average molecular weight is 193 g/mol. The normalized spacial score (nSPS) is 40.6. The molecule has 3 aliphatic heterocycles. The first kappa shape index (κ1) is 8.40. The van der Waals surface area contributed by atoms with E-state index in [1.54, 1.807) is 0 Å². The Morgan fingerprint density at radius 1 is 1.43 bits per heavy atom. The van der Waals surface area contributed by atoms with Crippen molar-refractivity contribution in [1.29, 1.82) is 0 Å². The summed E-state index contributed by atoms with van der Waals surface area (Å²) in [4.78, 5) is 6.58. The van der Waals surface area contributed by atoms with Gasteiger partial charge in [-0.15, -0.1) is 0 Å². The Morgan fingerprint density at radius 2 is 2.43 bits per heavy atom. The summed E-state index contributed by atoms with van der Waals surface area (Å²) < 4.78 is 0. The van der Waals surface area contributed by atoms with Gasteiger partial charge in [0.2, 0.25) is 0 Å². The summed E-state index contributed by atoms with van der Waals surface area (Å²) in [5.41, 5.74) is 6.46. The lowest BCUT2D eigenvalue weighted by molar-refractivity contribution is 0.0868. The van der Waals surface area contributed by atoms with Crippen LogP contribution >= 0.6 is 0 Å². The van der Waals surface area contributed by atoms with Crippen LogP contribution in [0.15, 0.2) is 17.4 Å². The lowest BCUT2D eigenvalue weighted by Gasteiger charge is -2.48. The third-order valence-electron chi connectivity index (χ3n) is 3.10. The van der Waals surface area contributed by atoms with Crippen LogP contribution in [0.3, 0.4) is 0 Å². The third-order valence-corrected chi connectivity index (χ3v) is 3.10. The minimum Gasteiger partial charge on any atom is -0.361 e. The van der Waals surface area contributed by atoms with E-state index in [1.807, 2.05) is 12.4 Å². The summed E-state index contributed by atoms with van der Waals surface area (Å²) in [6.45, 7) is 1.99. The fourth-order valence-corrected chi connectivity index (χ4v) is 2.39. The SMILES string of the molecule is C1=CN2C(C=N1)CNC1NNCCC12. The molecule has 0 aromatic heterocycles. The highest BCUT2D eigenvalue weighted by Gasteiger charge is 2.36. The Hall–Kier alpha value is -0.910. The van der Waals surface area contributed by atoms with Crippen LogP contribution in [-0.4, -0.2) is 42.5 Å². The Labute approximate surface area is 83.2 Å². The molecule has 76 valence electrons. The molecule has 14 heavy (non-hydrogen) atoms. The van der Waals surface area contributed by atoms with Crippen molar-refractivity contribution in [3.05, 3.63) is 12.4 Å². The van der Waals surface area contributed by atoms with Crippen LogP contribution in [0.25, 0.3) is 0 Å². The second kappa shape index (κ2) is 3.34. The van der Waals surface area contributed by atoms with E-state index in [9.17, 15) is 0 Å². The molecular formula is C9H15N5. The lowest BCUT2D eigenvalue weighted by atomic mass is 10.0. The zero-order valence-electron chi connectivity index (χ0n) is 7.98. The van der Waals surface area contributed by atoms with Crippen molar-refractivity contribution in [2.24, 2.45) is 4.99 Å². The standard InChI is InChI=1S/C9H15N5/c1-2-12-13-9-8(1)14-4-3-10-5-7(14)6-11-9/h3-5,7-9,11-13H,1-2,6H2. The quantitative estimate of drug-likeness (QED) is 0.462. The molecule has 3 N–H and O–H groups in total. The van der Waals surface area contributed by atoms with E-state index in [0.29, 0.717) is 18.2 Å². The van der Waals surface area contributed by atoms with Gasteiger partial charge >= 0.3 is 0 Å². The van der Waals surface area contributed by atoms with Gasteiger partial charge in [0, 0.05) is 31.7 Å². The van der Waals surface area contributed by atoms with E-state index >= 15 is 0 Å². The van der Waals surface area contributed by atoms with Crippen LogP contribution in [0.1, 0.15) is 6.42 Å². The molecule has 2 saturated heterocycles. The van der Waals surface area contributed by atoms with E-state index in [2.05, 4.69) is 32.3 Å². The van der Waals surface area contributed by atoms with Gasteiger partial charge < -0.3 is 4.90 Å². The number of piperazine rings is 1. The zero-order chi connectivity index (χ0) is 9.38. The summed E-state index contributed by atoms with van der Waals surface area (Å²) in [5.74, 6) is 0. The minimum atomic E-state index is 0.358. The van der Waals surface area contributed by atoms with Crippen molar-refractivity contribution in [1.82, 2.24) is 21.1 Å². The van der Waals surface area contributed by atoms with Crippen LogP contribution in [0.5, 0.6) is 0 Å². The number of hydrogen-bond acceptors (Lipinski definition) is 5. The molecule has 0 saturated carbocycles. The molecule has 0 amide bonds. The van der Waals surface area contributed by atoms with Crippen molar-refractivity contribution in [3.63, 3.8) is 0 Å². The van der Waals surface area contributed by atoms with E-state index in [0.717, 1.165) is 13.1 Å². The molecule has 0 aromatic carbocycles. The molecule has 5 nitrogen and oxygen atoms in total. The van der Waals surface area contributed by atoms with Gasteiger partial charge in [0.25, 0.3) is 0 Å². The molecule has 3 unspecified atom stereocenters. The van der Waals surface area contributed by atoms with Gasteiger partial charge in [-0.25, -0.2) is 5.43 Å². The smallest absolute Gasteiger partial charge is 0.0911 e. The fraction of sp³-hybridized carbons (Fsp3) is 0.667. The Balaban J connectivity index is 1.82. The maximum absolute atomic E-state index is 4.18. The lowest BCUT2D eigenvalue weighted by Crippen LogP contribution is -2.71. The fourth-order valence-electron chi connectivity index (χ4n) is 2.39. The molecule has 3 rings (SSSR count). The van der Waals surface area contributed by atoms with Gasteiger partial charge in [0.1, 0.15) is 0 Å². The van der Waals surface area contributed by atoms with E-state index in [4.69, 9.17) is 0 Å². The van der Waals surface area contributed by atoms with Crippen LogP contribution < -0.4 is 16.2 Å². The highest BCUT2D eigenvalue weighted by atomic mass is 15.5. The topological polar surface area (TPSA) is 51.7 Å². The Morgan fingerprint density at radius 3 is 3.43 bits per heavy atom. The molecule has 3 aliphatic rings. The van der Waals surface area contributed by atoms with Crippen molar-refractivity contribution in [2.75, 3.05) is 13.1 Å². The van der Waals surface area contributed by atoms with Crippen molar-refractivity contribution >= 4 is 6.21 Å². The molecule has 5 heteroatoms. The Bertz CT molecular complexity index is 274. The molecular weight excluding hydrogens is 178 g/mol. The highest BCUT2D eigenvalue weighted by Crippen LogP contribution is 2.19. The van der Waals surface area contributed by atoms with Gasteiger partial charge in [0.15, 0.2) is 0 Å². The number of rotatable bonds is 0. The number of aliphatic imine (C=N–C) groups is 1. The summed E-state index contributed by atoms with van der Waals surface area (Å²) in [7, 11) is 0.